The summed E-state index contributed by atoms with van der Waals surface area (Å²) in [6, 6.07) is 0. The van der Waals surface area contributed by atoms with Gasteiger partial charge in [0.15, 0.2) is 0 Å². The average molecular weight is 2540 g/mol. The van der Waals surface area contributed by atoms with Gasteiger partial charge in [-0.15, -0.1) is 0 Å². The van der Waals surface area contributed by atoms with Gasteiger partial charge in [0.2, 0.25) is 0 Å². The first-order chi connectivity index (χ1) is 67.6. The second kappa shape index (κ2) is 97.2. The van der Waals surface area contributed by atoms with Gasteiger partial charge in [-0.05, 0) is 142 Å². The number of hydrogen-bond donors (Lipinski definition) is 0. The third kappa shape index (κ3) is 71.9. The number of aromatic nitrogens is 32. The third-order valence-electron chi connectivity index (χ3n) is 15.9. The summed E-state index contributed by atoms with van der Waals surface area (Å²) in [5.41, 5.74) is 12.7. The van der Waals surface area contributed by atoms with E-state index in [1.165, 1.54) is 101 Å². The molecule has 805 valence electrons. The Morgan fingerprint density at radius 2 is 0.259 bits per heavy atom. The first-order valence-corrected chi connectivity index (χ1v) is 42.4. The number of hydrogen-bond acceptors (Lipinski definition) is 32. The van der Waals surface area contributed by atoms with Crippen LogP contribution < -0.4 is 96.7 Å². The van der Waals surface area contributed by atoms with Crippen LogP contribution in [0.15, 0.2) is 280 Å². The van der Waals surface area contributed by atoms with Crippen molar-refractivity contribution in [2.75, 3.05) is 105 Å². The van der Waals surface area contributed by atoms with Crippen LogP contribution in [0.2, 0.25) is 0 Å². The molecule has 0 fully saturated rings. The van der Waals surface area contributed by atoms with Gasteiger partial charge < -0.3 is 176 Å². The standard InChI is InChI=1S/8C11H12N6.BrH.10Cu/c8*1(2-12-4-10-6-14-8-16-10)3-13-5-11-7-15-9-17-11;;;;;;;;;;;/h8*4-9H,1-3H2;1H;;;;;;;;;;/q8*-2;;3*+1;7*+2/p-1. The Labute approximate surface area is 965 Å². The quantitative estimate of drug-likeness (QED) is 0.0264. The summed E-state index contributed by atoms with van der Waals surface area (Å²) in [6.07, 6.45) is 85.7. The van der Waals surface area contributed by atoms with E-state index in [0.29, 0.717) is 0 Å². The van der Waals surface area contributed by atoms with Crippen LogP contribution in [0.1, 0.15) is 142 Å². The molecule has 16 aromatic rings. The Balaban J connectivity index is -0.00000160. The van der Waals surface area contributed by atoms with E-state index in [1.807, 2.05) is 0 Å². The molecule has 0 saturated heterocycles. The molecule has 147 heavy (non-hydrogen) atoms. The van der Waals surface area contributed by atoms with Crippen molar-refractivity contribution >= 4 is 99.4 Å². The summed E-state index contributed by atoms with van der Waals surface area (Å²) >= 11 is 0. The van der Waals surface area contributed by atoms with Gasteiger partial charge >= 0.3 is 171 Å². The molecule has 7 radical (unpaired) electrons. The zero-order valence-corrected chi connectivity index (χ0v) is 88.5. The smallest absolute Gasteiger partial charge is 1.00 e. The molecule has 0 aliphatic heterocycles. The largest absolute Gasteiger partial charge is 2.00 e. The van der Waals surface area contributed by atoms with Crippen molar-refractivity contribution in [3.05, 3.63) is 291 Å². The van der Waals surface area contributed by atoms with Crippen molar-refractivity contribution < 1.29 is 188 Å². The van der Waals surface area contributed by atoms with E-state index in [4.69, 9.17) is 0 Å². The number of rotatable bonds is 48. The topological polar surface area (TPSA) is 630 Å². The Bertz CT molecular complexity index is 4430. The molecule has 16 aromatic heterocycles. The maximum Gasteiger partial charge on any atom is 2.00 e. The predicted molar refractivity (Wildman–Crippen MR) is 517 cm³/mol. The van der Waals surface area contributed by atoms with Gasteiger partial charge in [0.05, 0.1) is 0 Å². The minimum absolute atomic E-state index is 0. The van der Waals surface area contributed by atoms with Gasteiger partial charge in [-0.2, -0.15) is 0 Å². The van der Waals surface area contributed by atoms with E-state index in [1.54, 1.807) is 199 Å². The van der Waals surface area contributed by atoms with Gasteiger partial charge in [0.25, 0.3) is 0 Å². The van der Waals surface area contributed by atoms with Crippen LogP contribution >= 0.6 is 0 Å². The van der Waals surface area contributed by atoms with E-state index in [-0.39, 0.29) is 188 Å². The summed E-state index contributed by atoms with van der Waals surface area (Å²) in [4.78, 5) is 193. The molecule has 0 N–H and O–H groups in total. The van der Waals surface area contributed by atoms with Crippen molar-refractivity contribution in [2.24, 2.45) is 79.9 Å². The van der Waals surface area contributed by atoms with Crippen LogP contribution in [0, 0.1) is 0 Å². The molecule has 0 spiro atoms. The van der Waals surface area contributed by atoms with E-state index in [9.17, 15) is 0 Å². The van der Waals surface area contributed by atoms with Gasteiger partial charge in [0.1, 0.15) is 0 Å². The summed E-state index contributed by atoms with van der Waals surface area (Å²) in [5.74, 6) is 0. The van der Waals surface area contributed by atoms with Crippen molar-refractivity contribution in [1.29, 1.82) is 0 Å². The summed E-state index contributed by atoms with van der Waals surface area (Å²) in [6.45, 7) is 11.7. The molecular formula is C88H96BrCu10N48. The summed E-state index contributed by atoms with van der Waals surface area (Å²) in [7, 11) is 0. The fraction of sp³-hybridized carbons (Fsp3) is 0.273. The van der Waals surface area contributed by atoms with E-state index >= 15 is 0 Å². The van der Waals surface area contributed by atoms with Crippen molar-refractivity contribution in [3.8, 4) is 0 Å². The maximum atomic E-state index is 4.22. The first kappa shape index (κ1) is 139. The molecule has 0 unspecified atom stereocenters. The second-order valence-electron chi connectivity index (χ2n) is 26.6. The number of imidazole rings is 16. The summed E-state index contributed by atoms with van der Waals surface area (Å²) in [5, 5.41) is 0. The van der Waals surface area contributed by atoms with Gasteiger partial charge in [0, 0.05) is 204 Å². The van der Waals surface area contributed by atoms with Crippen molar-refractivity contribution in [3.63, 3.8) is 0 Å². The van der Waals surface area contributed by atoms with Crippen LogP contribution in [0.3, 0.4) is 0 Å². The monoisotopic (exact) mass is 2530 g/mol. The molecule has 0 aromatic carbocycles. The average Bonchev–Trinajstić information content (AvgIpc) is 1.85. The number of halogens is 1. The Morgan fingerprint density at radius 3 is 0.340 bits per heavy atom. The zero-order chi connectivity index (χ0) is 94.1. The fourth-order valence-electron chi connectivity index (χ4n) is 9.51. The minimum atomic E-state index is 0. The molecule has 0 bridgehead atoms. The van der Waals surface area contributed by atoms with Crippen LogP contribution in [-0.2, 0) is 171 Å². The molecule has 0 saturated carbocycles. The molecule has 0 aliphatic carbocycles. The zero-order valence-electron chi connectivity index (χ0n) is 77.5. The van der Waals surface area contributed by atoms with Crippen LogP contribution in [0.4, 0.5) is 0 Å². The van der Waals surface area contributed by atoms with Gasteiger partial charge in [-0.3, -0.25) is 79.9 Å². The first-order valence-electron chi connectivity index (χ1n) is 42.4. The van der Waals surface area contributed by atoms with Crippen LogP contribution in [0.5, 0.6) is 0 Å². The minimum Gasteiger partial charge on any atom is -1.00 e. The molecule has 16 rings (SSSR count). The summed E-state index contributed by atoms with van der Waals surface area (Å²) < 4.78 is 0. The van der Waals surface area contributed by atoms with E-state index < -0.39 is 0 Å². The van der Waals surface area contributed by atoms with Crippen LogP contribution in [0.25, 0.3) is 0 Å². The molecule has 0 amide bonds. The molecule has 16 heterocycles. The fourth-order valence-corrected chi connectivity index (χ4v) is 9.51. The predicted octanol–water partition coefficient (Wildman–Crippen LogP) is -0.468. The van der Waals surface area contributed by atoms with Crippen molar-refractivity contribution in [1.82, 2.24) is 159 Å². The Kier molecular flexibility index (Phi) is 91.8. The van der Waals surface area contributed by atoms with Gasteiger partial charge in [-0.25, -0.2) is 0 Å². The molecule has 0 atom stereocenters. The van der Waals surface area contributed by atoms with Gasteiger partial charge in [-0.1, -0.05) is 200 Å². The normalized spacial score (nSPS) is 10.9. The molecule has 48 nitrogen and oxygen atoms in total. The molecule has 59 heteroatoms. The Morgan fingerprint density at radius 1 is 0.156 bits per heavy atom. The number of aliphatic imine (C=N–C) groups is 16. The second-order valence-corrected chi connectivity index (χ2v) is 26.6. The number of nitrogens with zero attached hydrogens (tertiary/aromatic N) is 48. The molecular weight excluding hydrogens is 2440 g/mol. The SMILES string of the molecule is C(=NCCCN=Cc1c[n-]cn1)c1c[n-]cn1.C(=NCCCN=Cc1c[n-]cn1)c1c[n-]cn1.C(=NCCCN=Cc1c[n-]cn1)c1c[n-]cn1.C(=NCCCN=Cc1c[n-]cn1)c1c[n-]cn1.C(=NCCCN=Cc1cnc[n-]1)c1c[n-]cn1.C(=NCCCN=Cc1cnc[n-]1)c1c[n-]cn1.C(=NCCCN=Cc1cnc[n-]1)c1c[n-]cn1.C(=NCCCN=Cc1cnc[n-]1)c1c[n-]cn1.[Br-].[Cu+2].[Cu+2].[Cu+2].[Cu+2].[Cu+2].[Cu+2].[Cu+2].[Cu+].[Cu+].[Cu+]. The van der Waals surface area contributed by atoms with Crippen LogP contribution in [-0.4, -0.2) is 284 Å². The third-order valence-corrected chi connectivity index (χ3v) is 15.9. The van der Waals surface area contributed by atoms with E-state index in [0.717, 1.165) is 247 Å². The maximum absolute atomic E-state index is 4.22. The molecule has 0 aliphatic rings. The van der Waals surface area contributed by atoms with Crippen molar-refractivity contribution in [2.45, 2.75) is 51.4 Å². The Hall–Kier alpha value is -12.2. The van der Waals surface area contributed by atoms with E-state index in [2.05, 4.69) is 239 Å².